The molecule has 0 amide bonds. The number of hydrogen-bond donors (Lipinski definition) is 1. The minimum Gasteiger partial charge on any atom is -0.383 e. The predicted molar refractivity (Wildman–Crippen MR) is 55.1 cm³/mol. The molecule has 0 heterocycles. The minimum atomic E-state index is -4.20. The summed E-state index contributed by atoms with van der Waals surface area (Å²) in [5, 5.41) is 0. The SMILES string of the molecule is COCCN(CC(CN)C(F)(F)F)C1CC1. The molecule has 0 aliphatic heterocycles. The summed E-state index contributed by atoms with van der Waals surface area (Å²) in [6.07, 6.45) is -2.23. The Balaban J connectivity index is 2.45. The smallest absolute Gasteiger partial charge is 0.383 e. The second kappa shape index (κ2) is 5.84. The molecule has 6 heteroatoms. The van der Waals surface area contributed by atoms with Crippen LogP contribution in [0.4, 0.5) is 13.2 Å². The van der Waals surface area contributed by atoms with Crippen molar-refractivity contribution >= 4 is 0 Å². The van der Waals surface area contributed by atoms with E-state index in [2.05, 4.69) is 0 Å². The number of methoxy groups -OCH3 is 1. The van der Waals surface area contributed by atoms with Gasteiger partial charge in [-0.05, 0) is 12.8 Å². The van der Waals surface area contributed by atoms with Crippen LogP contribution in [0.15, 0.2) is 0 Å². The van der Waals surface area contributed by atoms with Crippen LogP contribution in [0.1, 0.15) is 12.8 Å². The lowest BCUT2D eigenvalue weighted by molar-refractivity contribution is -0.176. The van der Waals surface area contributed by atoms with E-state index in [0.717, 1.165) is 12.8 Å². The maximum absolute atomic E-state index is 12.5. The molecule has 0 aromatic rings. The van der Waals surface area contributed by atoms with Crippen molar-refractivity contribution in [3.63, 3.8) is 0 Å². The summed E-state index contributed by atoms with van der Waals surface area (Å²) >= 11 is 0. The zero-order chi connectivity index (χ0) is 12.2. The Labute approximate surface area is 93.7 Å². The van der Waals surface area contributed by atoms with Crippen LogP contribution >= 0.6 is 0 Å². The van der Waals surface area contributed by atoms with Gasteiger partial charge in [-0.25, -0.2) is 0 Å². The van der Waals surface area contributed by atoms with Gasteiger partial charge in [0.05, 0.1) is 12.5 Å². The van der Waals surface area contributed by atoms with Gasteiger partial charge < -0.3 is 10.5 Å². The van der Waals surface area contributed by atoms with Crippen LogP contribution in [0.25, 0.3) is 0 Å². The van der Waals surface area contributed by atoms with Crippen molar-refractivity contribution in [3.05, 3.63) is 0 Å². The Kier molecular flexibility index (Phi) is 5.01. The molecule has 1 atom stereocenters. The molecule has 1 saturated carbocycles. The second-order valence-corrected chi connectivity index (χ2v) is 4.19. The third-order valence-corrected chi connectivity index (χ3v) is 2.85. The van der Waals surface area contributed by atoms with E-state index < -0.39 is 12.1 Å². The lowest BCUT2D eigenvalue weighted by atomic mass is 10.1. The van der Waals surface area contributed by atoms with Gasteiger partial charge in [0.25, 0.3) is 0 Å². The van der Waals surface area contributed by atoms with Gasteiger partial charge >= 0.3 is 6.18 Å². The van der Waals surface area contributed by atoms with Crippen molar-refractivity contribution < 1.29 is 17.9 Å². The molecule has 2 N–H and O–H groups in total. The zero-order valence-corrected chi connectivity index (χ0v) is 9.46. The van der Waals surface area contributed by atoms with E-state index in [9.17, 15) is 13.2 Å². The van der Waals surface area contributed by atoms with Crippen LogP contribution in [-0.4, -0.2) is 50.5 Å². The second-order valence-electron chi connectivity index (χ2n) is 4.19. The summed E-state index contributed by atoms with van der Waals surface area (Å²) in [7, 11) is 1.55. The molecule has 1 aliphatic carbocycles. The molecule has 0 aromatic carbocycles. The Morgan fingerprint density at radius 1 is 1.44 bits per heavy atom. The van der Waals surface area contributed by atoms with E-state index in [1.165, 1.54) is 0 Å². The fraction of sp³-hybridized carbons (Fsp3) is 1.00. The molecule has 0 saturated heterocycles. The standard InChI is InChI=1S/C10H19F3N2O/c1-16-5-4-15(9-2-3-9)7-8(6-14)10(11,12)13/h8-9H,2-7,14H2,1H3. The Hall–Kier alpha value is -0.330. The molecule has 0 radical (unpaired) electrons. The highest BCUT2D eigenvalue weighted by atomic mass is 19.4. The van der Waals surface area contributed by atoms with Crippen LogP contribution in [0.2, 0.25) is 0 Å². The maximum Gasteiger partial charge on any atom is 0.394 e. The van der Waals surface area contributed by atoms with Gasteiger partial charge in [-0.3, -0.25) is 4.90 Å². The highest BCUT2D eigenvalue weighted by Crippen LogP contribution is 2.31. The number of alkyl halides is 3. The van der Waals surface area contributed by atoms with E-state index in [4.69, 9.17) is 10.5 Å². The third-order valence-electron chi connectivity index (χ3n) is 2.85. The topological polar surface area (TPSA) is 38.5 Å². The normalized spacial score (nSPS) is 19.1. The molecule has 16 heavy (non-hydrogen) atoms. The predicted octanol–water partition coefficient (Wildman–Crippen LogP) is 1.23. The van der Waals surface area contributed by atoms with Crippen LogP contribution < -0.4 is 5.73 Å². The summed E-state index contributed by atoms with van der Waals surface area (Å²) in [6, 6.07) is 0.298. The van der Waals surface area contributed by atoms with Crippen LogP contribution in [0.5, 0.6) is 0 Å². The molecule has 1 rings (SSSR count). The fourth-order valence-electron chi connectivity index (χ4n) is 1.67. The molecule has 0 spiro atoms. The summed E-state index contributed by atoms with van der Waals surface area (Å²) in [4.78, 5) is 1.84. The molecule has 0 bridgehead atoms. The lowest BCUT2D eigenvalue weighted by Gasteiger charge is -2.27. The average Bonchev–Trinajstić information content (AvgIpc) is 3.00. The molecule has 96 valence electrons. The van der Waals surface area contributed by atoms with Crippen LogP contribution in [0.3, 0.4) is 0 Å². The first-order chi connectivity index (χ1) is 7.49. The van der Waals surface area contributed by atoms with Gasteiger partial charge in [-0.2, -0.15) is 13.2 Å². The number of nitrogens with zero attached hydrogens (tertiary/aromatic N) is 1. The highest BCUT2D eigenvalue weighted by Gasteiger charge is 2.41. The molecule has 1 unspecified atom stereocenters. The number of rotatable bonds is 7. The largest absolute Gasteiger partial charge is 0.394 e. The first-order valence-corrected chi connectivity index (χ1v) is 5.48. The first kappa shape index (κ1) is 13.7. The lowest BCUT2D eigenvalue weighted by Crippen LogP contribution is -2.42. The van der Waals surface area contributed by atoms with Crippen LogP contribution in [0, 0.1) is 5.92 Å². The molecule has 1 aliphatic rings. The Bertz CT molecular complexity index is 207. The quantitative estimate of drug-likeness (QED) is 0.727. The molecule has 0 aromatic heterocycles. The van der Waals surface area contributed by atoms with Crippen molar-refractivity contribution in [2.75, 3.05) is 33.4 Å². The van der Waals surface area contributed by atoms with E-state index in [1.54, 1.807) is 7.11 Å². The third kappa shape index (κ3) is 4.27. The summed E-state index contributed by atoms with van der Waals surface area (Å²) < 4.78 is 42.5. The average molecular weight is 240 g/mol. The van der Waals surface area contributed by atoms with Crippen molar-refractivity contribution in [1.82, 2.24) is 4.90 Å². The minimum absolute atomic E-state index is 0.00593. The van der Waals surface area contributed by atoms with Crippen molar-refractivity contribution in [2.24, 2.45) is 11.7 Å². The first-order valence-electron chi connectivity index (χ1n) is 5.48. The van der Waals surface area contributed by atoms with Crippen molar-refractivity contribution in [3.8, 4) is 0 Å². The van der Waals surface area contributed by atoms with E-state index in [-0.39, 0.29) is 13.1 Å². The maximum atomic E-state index is 12.5. The number of hydrogen-bond acceptors (Lipinski definition) is 3. The zero-order valence-electron chi connectivity index (χ0n) is 9.46. The molecule has 3 nitrogen and oxygen atoms in total. The summed E-state index contributed by atoms with van der Waals surface area (Å²) in [5.41, 5.74) is 5.18. The van der Waals surface area contributed by atoms with Gasteiger partial charge in [0.1, 0.15) is 0 Å². The van der Waals surface area contributed by atoms with Crippen molar-refractivity contribution in [2.45, 2.75) is 25.1 Å². The molecular weight excluding hydrogens is 221 g/mol. The summed E-state index contributed by atoms with van der Waals surface area (Å²) in [5.74, 6) is -1.43. The Morgan fingerprint density at radius 3 is 2.44 bits per heavy atom. The summed E-state index contributed by atoms with van der Waals surface area (Å²) in [6.45, 7) is 0.660. The van der Waals surface area contributed by atoms with Crippen LogP contribution in [-0.2, 0) is 4.74 Å². The highest BCUT2D eigenvalue weighted by molar-refractivity contribution is 4.87. The number of halogens is 3. The van der Waals surface area contributed by atoms with Gasteiger partial charge in [0, 0.05) is 32.8 Å². The van der Waals surface area contributed by atoms with Gasteiger partial charge in [-0.15, -0.1) is 0 Å². The van der Waals surface area contributed by atoms with E-state index in [0.29, 0.717) is 19.2 Å². The number of ether oxygens (including phenoxy) is 1. The molecular formula is C10H19F3N2O. The van der Waals surface area contributed by atoms with E-state index >= 15 is 0 Å². The van der Waals surface area contributed by atoms with E-state index in [1.807, 2.05) is 4.90 Å². The van der Waals surface area contributed by atoms with Gasteiger partial charge in [0.15, 0.2) is 0 Å². The van der Waals surface area contributed by atoms with Gasteiger partial charge in [0.2, 0.25) is 0 Å². The fourth-order valence-corrected chi connectivity index (χ4v) is 1.67. The monoisotopic (exact) mass is 240 g/mol. The number of nitrogens with two attached hydrogens (primary N) is 1. The van der Waals surface area contributed by atoms with Crippen molar-refractivity contribution in [1.29, 1.82) is 0 Å². The van der Waals surface area contributed by atoms with Gasteiger partial charge in [-0.1, -0.05) is 0 Å². The molecule has 1 fully saturated rings. The Morgan fingerprint density at radius 2 is 2.06 bits per heavy atom.